The molecular formula is C22H28N2O4. The third-order valence-corrected chi connectivity index (χ3v) is 5.14. The first-order chi connectivity index (χ1) is 13.4. The van der Waals surface area contributed by atoms with Gasteiger partial charge < -0.3 is 19.4 Å². The van der Waals surface area contributed by atoms with Crippen molar-refractivity contribution in [2.24, 2.45) is 0 Å². The summed E-state index contributed by atoms with van der Waals surface area (Å²) in [4.78, 5) is 24.8. The predicted octanol–water partition coefficient (Wildman–Crippen LogP) is 3.35. The minimum atomic E-state index is -0.840. The van der Waals surface area contributed by atoms with Crippen molar-refractivity contribution in [2.45, 2.75) is 52.2 Å². The van der Waals surface area contributed by atoms with Gasteiger partial charge in [-0.2, -0.15) is 0 Å². The van der Waals surface area contributed by atoms with E-state index in [1.807, 2.05) is 44.2 Å². The molecule has 0 radical (unpaired) electrons. The topological polar surface area (TPSA) is 69.6 Å². The lowest BCUT2D eigenvalue weighted by Crippen LogP contribution is -2.37. The average Bonchev–Trinajstić information content (AvgIpc) is 3.46. The highest BCUT2D eigenvalue weighted by atomic mass is 16.5. The molecule has 1 saturated carbocycles. The fraction of sp³-hybridized carbons (Fsp3) is 0.455. The van der Waals surface area contributed by atoms with Crippen LogP contribution in [0.25, 0.3) is 0 Å². The maximum Gasteiger partial charge on any atom is 0.340 e. The highest BCUT2D eigenvalue weighted by Crippen LogP contribution is 2.38. The van der Waals surface area contributed by atoms with Crippen molar-refractivity contribution in [1.82, 2.24) is 9.88 Å². The summed E-state index contributed by atoms with van der Waals surface area (Å²) < 4.78 is 12.7. The van der Waals surface area contributed by atoms with Crippen molar-refractivity contribution in [3.05, 3.63) is 52.8 Å². The average molecular weight is 384 g/mol. The molecule has 0 unspecified atom stereocenters. The molecule has 6 heteroatoms. The van der Waals surface area contributed by atoms with Gasteiger partial charge >= 0.3 is 5.97 Å². The van der Waals surface area contributed by atoms with E-state index in [0.29, 0.717) is 24.6 Å². The maximum absolute atomic E-state index is 12.5. The number of benzene rings is 1. The number of aromatic nitrogens is 1. The van der Waals surface area contributed by atoms with Gasteiger partial charge in [0.25, 0.3) is 5.91 Å². The first-order valence-corrected chi connectivity index (χ1v) is 9.70. The summed E-state index contributed by atoms with van der Waals surface area (Å²) in [5.74, 6) is 0.0602. The fourth-order valence-electron chi connectivity index (χ4n) is 3.42. The van der Waals surface area contributed by atoms with Crippen molar-refractivity contribution < 1.29 is 19.1 Å². The monoisotopic (exact) mass is 384 g/mol. The Labute approximate surface area is 165 Å². The molecule has 0 spiro atoms. The summed E-state index contributed by atoms with van der Waals surface area (Å²) in [6, 6.07) is 10.1. The minimum absolute atomic E-state index is 0.294. The van der Waals surface area contributed by atoms with Crippen LogP contribution in [0.1, 0.15) is 53.1 Å². The van der Waals surface area contributed by atoms with E-state index in [4.69, 9.17) is 9.47 Å². The van der Waals surface area contributed by atoms with Crippen LogP contribution in [-0.2, 0) is 16.0 Å². The van der Waals surface area contributed by atoms with Crippen LogP contribution in [0.15, 0.2) is 30.3 Å². The molecule has 0 saturated heterocycles. The summed E-state index contributed by atoms with van der Waals surface area (Å²) in [5.41, 5.74) is 3.61. The molecule has 3 rings (SSSR count). The van der Waals surface area contributed by atoms with Crippen LogP contribution in [-0.4, -0.2) is 36.2 Å². The largest absolute Gasteiger partial charge is 0.497 e. The van der Waals surface area contributed by atoms with E-state index in [-0.39, 0.29) is 5.91 Å². The Kier molecular flexibility index (Phi) is 6.07. The fourth-order valence-corrected chi connectivity index (χ4v) is 3.42. The van der Waals surface area contributed by atoms with Crippen LogP contribution in [0.3, 0.4) is 0 Å². The van der Waals surface area contributed by atoms with Crippen LogP contribution in [0.4, 0.5) is 0 Å². The minimum Gasteiger partial charge on any atom is -0.497 e. The maximum atomic E-state index is 12.5. The van der Waals surface area contributed by atoms with Gasteiger partial charge in [-0.05, 0) is 63.8 Å². The van der Waals surface area contributed by atoms with E-state index in [1.165, 1.54) is 0 Å². The second kappa shape index (κ2) is 8.50. The van der Waals surface area contributed by atoms with E-state index in [1.54, 1.807) is 14.0 Å². The molecule has 1 aliphatic carbocycles. The van der Waals surface area contributed by atoms with Crippen LogP contribution >= 0.6 is 0 Å². The van der Waals surface area contributed by atoms with Gasteiger partial charge in [-0.3, -0.25) is 4.79 Å². The van der Waals surface area contributed by atoms with Gasteiger partial charge in [0.1, 0.15) is 5.75 Å². The molecule has 6 nitrogen and oxygen atoms in total. The Bertz CT molecular complexity index is 850. The molecule has 150 valence electrons. The quantitative estimate of drug-likeness (QED) is 0.709. The highest BCUT2D eigenvalue weighted by Gasteiger charge is 2.29. The lowest BCUT2D eigenvalue weighted by Gasteiger charge is -2.14. The Morgan fingerprint density at radius 2 is 1.89 bits per heavy atom. The summed E-state index contributed by atoms with van der Waals surface area (Å²) in [7, 11) is 1.63. The standard InChI is InChI=1S/C22H28N2O4/c1-14-13-20(15(2)24(14)18-7-8-18)22(26)28-16(3)21(25)23-12-11-17-5-9-19(27-4)10-6-17/h5-6,9-10,13,16,18H,7-8,11-12H2,1-4H3,(H,23,25)/t16-/m1/s1. The Morgan fingerprint density at radius 1 is 1.21 bits per heavy atom. The molecule has 1 aliphatic rings. The zero-order chi connectivity index (χ0) is 20.3. The second-order valence-electron chi connectivity index (χ2n) is 7.32. The molecule has 1 amide bonds. The van der Waals surface area contributed by atoms with E-state index < -0.39 is 12.1 Å². The van der Waals surface area contributed by atoms with Gasteiger partial charge in [0.05, 0.1) is 12.7 Å². The van der Waals surface area contributed by atoms with Gasteiger partial charge in [0, 0.05) is 24.0 Å². The third-order valence-electron chi connectivity index (χ3n) is 5.14. The summed E-state index contributed by atoms with van der Waals surface area (Å²) in [6.45, 7) is 6.00. The molecule has 1 N–H and O–H groups in total. The first kappa shape index (κ1) is 20.0. The van der Waals surface area contributed by atoms with E-state index in [9.17, 15) is 9.59 Å². The number of hydrogen-bond acceptors (Lipinski definition) is 4. The third kappa shape index (κ3) is 4.55. The number of carbonyl (C=O) groups excluding carboxylic acids is 2. The number of methoxy groups -OCH3 is 1. The Balaban J connectivity index is 1.49. The lowest BCUT2D eigenvalue weighted by atomic mass is 10.1. The normalized spacial score (nSPS) is 14.4. The SMILES string of the molecule is COc1ccc(CCNC(=O)[C@@H](C)OC(=O)c2cc(C)n(C3CC3)c2C)cc1. The number of hydrogen-bond donors (Lipinski definition) is 1. The van der Waals surface area contributed by atoms with Gasteiger partial charge in [0.2, 0.25) is 0 Å². The molecule has 1 fully saturated rings. The molecule has 0 aliphatic heterocycles. The highest BCUT2D eigenvalue weighted by molar-refractivity contribution is 5.93. The second-order valence-corrected chi connectivity index (χ2v) is 7.32. The molecule has 1 atom stereocenters. The van der Waals surface area contributed by atoms with E-state index in [0.717, 1.165) is 35.5 Å². The van der Waals surface area contributed by atoms with Gasteiger partial charge in [0.15, 0.2) is 6.10 Å². The van der Waals surface area contributed by atoms with Crippen molar-refractivity contribution in [3.63, 3.8) is 0 Å². The molecule has 0 bridgehead atoms. The smallest absolute Gasteiger partial charge is 0.340 e. The number of carbonyl (C=O) groups is 2. The van der Waals surface area contributed by atoms with Crippen molar-refractivity contribution in [1.29, 1.82) is 0 Å². The molecule has 28 heavy (non-hydrogen) atoms. The number of amides is 1. The molecule has 1 aromatic carbocycles. The molecular weight excluding hydrogens is 356 g/mol. The van der Waals surface area contributed by atoms with E-state index >= 15 is 0 Å². The van der Waals surface area contributed by atoms with E-state index in [2.05, 4.69) is 9.88 Å². The number of aryl methyl sites for hydroxylation is 1. The van der Waals surface area contributed by atoms with Crippen LogP contribution in [0, 0.1) is 13.8 Å². The summed E-state index contributed by atoms with van der Waals surface area (Å²) >= 11 is 0. The number of rotatable bonds is 8. The number of ether oxygens (including phenoxy) is 2. The summed E-state index contributed by atoms with van der Waals surface area (Å²) in [6.07, 6.45) is 2.15. The zero-order valence-corrected chi connectivity index (χ0v) is 17.0. The van der Waals surface area contributed by atoms with Crippen molar-refractivity contribution >= 4 is 11.9 Å². The zero-order valence-electron chi connectivity index (χ0n) is 17.0. The first-order valence-electron chi connectivity index (χ1n) is 9.70. The molecule has 2 aromatic rings. The number of nitrogens with one attached hydrogen (secondary N) is 1. The van der Waals surface area contributed by atoms with Crippen molar-refractivity contribution in [2.75, 3.05) is 13.7 Å². The van der Waals surface area contributed by atoms with Crippen molar-refractivity contribution in [3.8, 4) is 5.75 Å². The molecule has 1 aromatic heterocycles. The number of esters is 1. The lowest BCUT2D eigenvalue weighted by molar-refractivity contribution is -0.129. The summed E-state index contributed by atoms with van der Waals surface area (Å²) in [5, 5.41) is 2.82. The van der Waals surface area contributed by atoms with Crippen LogP contribution in [0.5, 0.6) is 5.75 Å². The Morgan fingerprint density at radius 3 is 2.50 bits per heavy atom. The molecule has 1 heterocycles. The van der Waals surface area contributed by atoms with Gasteiger partial charge in [-0.15, -0.1) is 0 Å². The number of nitrogens with zero attached hydrogens (tertiary/aromatic N) is 1. The van der Waals surface area contributed by atoms with Gasteiger partial charge in [-0.25, -0.2) is 4.79 Å². The predicted molar refractivity (Wildman–Crippen MR) is 107 cm³/mol. The van der Waals surface area contributed by atoms with Crippen LogP contribution < -0.4 is 10.1 Å². The van der Waals surface area contributed by atoms with Crippen LogP contribution in [0.2, 0.25) is 0 Å². The van der Waals surface area contributed by atoms with Gasteiger partial charge in [-0.1, -0.05) is 12.1 Å². The Hall–Kier alpha value is -2.76.